The highest BCUT2D eigenvalue weighted by Crippen LogP contribution is 2.36. The topological polar surface area (TPSA) is 94.0 Å². The van der Waals surface area contributed by atoms with Gasteiger partial charge in [0.1, 0.15) is 0 Å². The summed E-state index contributed by atoms with van der Waals surface area (Å²) in [6.07, 6.45) is 3.78. The molecular formula is C15H22N3O3S-. The monoisotopic (exact) mass is 324 g/mol. The summed E-state index contributed by atoms with van der Waals surface area (Å²) in [5, 5.41) is 21.1. The summed E-state index contributed by atoms with van der Waals surface area (Å²) in [4.78, 5) is 22.1. The molecule has 0 aromatic heterocycles. The summed E-state index contributed by atoms with van der Waals surface area (Å²) in [5.41, 5.74) is 1.37. The second-order valence-corrected chi connectivity index (χ2v) is 8.07. The van der Waals surface area contributed by atoms with Gasteiger partial charge < -0.3 is 15.2 Å². The number of amides is 1. The lowest BCUT2D eigenvalue weighted by Gasteiger charge is -2.34. The van der Waals surface area contributed by atoms with Crippen LogP contribution in [0.3, 0.4) is 0 Å². The molecule has 0 bridgehead atoms. The third-order valence-corrected chi connectivity index (χ3v) is 5.27. The third-order valence-electron chi connectivity index (χ3n) is 4.20. The van der Waals surface area contributed by atoms with Gasteiger partial charge in [0.05, 0.1) is 5.25 Å². The average molecular weight is 324 g/mol. The van der Waals surface area contributed by atoms with Gasteiger partial charge in [-0.05, 0) is 37.0 Å². The number of thioether (sulfide) groups is 1. The Kier molecular flexibility index (Phi) is 5.26. The number of amidine groups is 1. The molecule has 1 aliphatic carbocycles. The first kappa shape index (κ1) is 17.0. The van der Waals surface area contributed by atoms with Gasteiger partial charge in [-0.2, -0.15) is 5.10 Å². The number of rotatable bonds is 3. The van der Waals surface area contributed by atoms with E-state index >= 15 is 0 Å². The molecule has 0 aromatic carbocycles. The number of hydrogen-bond donors (Lipinski definition) is 1. The van der Waals surface area contributed by atoms with Crippen molar-refractivity contribution in [3.8, 4) is 0 Å². The molecule has 1 amide bonds. The lowest BCUT2D eigenvalue weighted by Crippen LogP contribution is -2.31. The van der Waals surface area contributed by atoms with Gasteiger partial charge in [0.15, 0.2) is 5.17 Å². The number of carbonyl (C=O) groups is 2. The minimum Gasteiger partial charge on any atom is -0.550 e. The molecule has 0 radical (unpaired) electrons. The molecule has 22 heavy (non-hydrogen) atoms. The molecule has 2 aliphatic rings. The Labute approximate surface area is 134 Å². The van der Waals surface area contributed by atoms with Crippen LogP contribution in [0.5, 0.6) is 0 Å². The fourth-order valence-corrected chi connectivity index (χ4v) is 3.67. The van der Waals surface area contributed by atoms with Crippen molar-refractivity contribution in [3.05, 3.63) is 0 Å². The minimum atomic E-state index is -1.24. The highest BCUT2D eigenvalue weighted by Gasteiger charge is 2.31. The second-order valence-electron chi connectivity index (χ2n) is 6.88. The molecule has 6 nitrogen and oxygen atoms in total. The molecular weight excluding hydrogens is 302 g/mol. The first-order chi connectivity index (χ1) is 10.3. The number of nitrogens with zero attached hydrogens (tertiary/aromatic N) is 2. The van der Waals surface area contributed by atoms with Gasteiger partial charge in [-0.25, -0.2) is 0 Å². The number of hydrogen-bond acceptors (Lipinski definition) is 6. The van der Waals surface area contributed by atoms with E-state index in [1.165, 1.54) is 0 Å². The molecule has 1 aliphatic heterocycles. The van der Waals surface area contributed by atoms with E-state index in [0.717, 1.165) is 43.2 Å². The summed E-state index contributed by atoms with van der Waals surface area (Å²) in [6, 6.07) is 0. The standard InChI is InChI=1S/C15H23N3O3S/c1-15(2,3)9-4-6-10(7-5-9)17-18-14-16-13(21)11(22-14)8-12(19)20/h9,11H,4-8H2,1-3H3,(H,19,20)(H,16,18,21)/p-1/t9?,11-/m1/s1. The van der Waals surface area contributed by atoms with E-state index in [-0.39, 0.29) is 12.3 Å². The molecule has 0 unspecified atom stereocenters. The van der Waals surface area contributed by atoms with Crippen LogP contribution in [-0.4, -0.2) is 28.0 Å². The molecule has 0 spiro atoms. The predicted molar refractivity (Wildman–Crippen MR) is 85.4 cm³/mol. The van der Waals surface area contributed by atoms with E-state index < -0.39 is 11.2 Å². The van der Waals surface area contributed by atoms with E-state index in [4.69, 9.17) is 0 Å². The van der Waals surface area contributed by atoms with Crippen molar-refractivity contribution in [2.24, 2.45) is 21.5 Å². The van der Waals surface area contributed by atoms with Gasteiger partial charge in [-0.3, -0.25) is 4.79 Å². The summed E-state index contributed by atoms with van der Waals surface area (Å²) < 4.78 is 0. The van der Waals surface area contributed by atoms with Crippen LogP contribution in [-0.2, 0) is 9.59 Å². The summed E-state index contributed by atoms with van der Waals surface area (Å²) in [7, 11) is 0. The lowest BCUT2D eigenvalue weighted by atomic mass is 9.72. The maximum Gasteiger partial charge on any atom is 0.239 e. The Morgan fingerprint density at radius 2 is 1.95 bits per heavy atom. The minimum absolute atomic E-state index is 0.306. The molecule has 1 N–H and O–H groups in total. The molecule has 1 heterocycles. The molecule has 0 aromatic rings. The molecule has 2 fully saturated rings. The van der Waals surface area contributed by atoms with Crippen molar-refractivity contribution in [2.75, 3.05) is 0 Å². The van der Waals surface area contributed by atoms with Crippen LogP contribution in [0.15, 0.2) is 10.2 Å². The van der Waals surface area contributed by atoms with Gasteiger partial charge in [-0.15, -0.1) is 5.10 Å². The Hall–Kier alpha value is -1.37. The van der Waals surface area contributed by atoms with E-state index in [0.29, 0.717) is 16.5 Å². The van der Waals surface area contributed by atoms with Crippen molar-refractivity contribution in [2.45, 2.75) is 58.1 Å². The maximum atomic E-state index is 11.6. The van der Waals surface area contributed by atoms with Gasteiger partial charge in [0.25, 0.3) is 0 Å². The molecule has 1 saturated carbocycles. The Morgan fingerprint density at radius 1 is 1.32 bits per heavy atom. The van der Waals surface area contributed by atoms with E-state index in [9.17, 15) is 14.7 Å². The number of nitrogens with one attached hydrogen (secondary N) is 1. The van der Waals surface area contributed by atoms with Gasteiger partial charge >= 0.3 is 0 Å². The van der Waals surface area contributed by atoms with Crippen LogP contribution >= 0.6 is 11.8 Å². The maximum absolute atomic E-state index is 11.6. The fourth-order valence-electron chi connectivity index (χ4n) is 2.77. The first-order valence-corrected chi connectivity index (χ1v) is 8.44. The quantitative estimate of drug-likeness (QED) is 0.792. The van der Waals surface area contributed by atoms with E-state index in [1.54, 1.807) is 0 Å². The van der Waals surface area contributed by atoms with Gasteiger partial charge in [-0.1, -0.05) is 32.5 Å². The Bertz CT molecular complexity index is 513. The van der Waals surface area contributed by atoms with Crippen LogP contribution in [0.2, 0.25) is 0 Å². The number of carbonyl (C=O) groups excluding carboxylic acids is 2. The average Bonchev–Trinajstić information content (AvgIpc) is 2.76. The van der Waals surface area contributed by atoms with Crippen LogP contribution in [0.4, 0.5) is 0 Å². The molecule has 7 heteroatoms. The highest BCUT2D eigenvalue weighted by atomic mass is 32.2. The smallest absolute Gasteiger partial charge is 0.239 e. The Morgan fingerprint density at radius 3 is 2.50 bits per heavy atom. The van der Waals surface area contributed by atoms with E-state index in [1.807, 2.05) is 0 Å². The third kappa shape index (κ3) is 4.56. The number of carboxylic acids is 1. The molecule has 2 rings (SSSR count). The zero-order valence-corrected chi connectivity index (χ0v) is 14.0. The van der Waals surface area contributed by atoms with Crippen LogP contribution in [0, 0.1) is 11.3 Å². The van der Waals surface area contributed by atoms with E-state index in [2.05, 4.69) is 36.3 Å². The normalized spacial score (nSPS) is 27.9. The van der Waals surface area contributed by atoms with Crippen molar-refractivity contribution in [3.63, 3.8) is 0 Å². The predicted octanol–water partition coefficient (Wildman–Crippen LogP) is 1.31. The number of aliphatic carboxylic acids is 1. The summed E-state index contributed by atoms with van der Waals surface area (Å²) >= 11 is 1.10. The summed E-state index contributed by atoms with van der Waals surface area (Å²) in [5.74, 6) is -0.877. The van der Waals surface area contributed by atoms with Crippen LogP contribution in [0.1, 0.15) is 52.9 Å². The largest absolute Gasteiger partial charge is 0.550 e. The first-order valence-electron chi connectivity index (χ1n) is 7.56. The Balaban J connectivity index is 1.90. The second kappa shape index (κ2) is 6.81. The number of carboxylic acid groups (broad SMARTS) is 1. The van der Waals surface area contributed by atoms with Crippen molar-refractivity contribution in [1.82, 2.24) is 5.32 Å². The van der Waals surface area contributed by atoms with Crippen molar-refractivity contribution in [1.29, 1.82) is 0 Å². The fraction of sp³-hybridized carbons (Fsp3) is 0.733. The molecule has 1 atom stereocenters. The van der Waals surface area contributed by atoms with Crippen LogP contribution < -0.4 is 10.4 Å². The van der Waals surface area contributed by atoms with Crippen LogP contribution in [0.25, 0.3) is 0 Å². The SMILES string of the molecule is CC(C)(C)C1CCC(=N/N=C2/NC(=O)[C@@H](CC(=O)[O-])S2)CC1. The lowest BCUT2D eigenvalue weighted by molar-refractivity contribution is -0.305. The summed E-state index contributed by atoms with van der Waals surface area (Å²) in [6.45, 7) is 6.80. The van der Waals surface area contributed by atoms with Gasteiger partial charge in [0.2, 0.25) is 5.91 Å². The zero-order chi connectivity index (χ0) is 16.3. The van der Waals surface area contributed by atoms with Crippen molar-refractivity contribution < 1.29 is 14.7 Å². The van der Waals surface area contributed by atoms with Gasteiger partial charge in [0, 0.05) is 18.1 Å². The molecule has 1 saturated heterocycles. The molecule has 122 valence electrons. The highest BCUT2D eigenvalue weighted by molar-refractivity contribution is 8.15. The van der Waals surface area contributed by atoms with Crippen molar-refractivity contribution >= 4 is 34.5 Å². The zero-order valence-electron chi connectivity index (χ0n) is 13.2.